The van der Waals surface area contributed by atoms with Crippen molar-refractivity contribution in [3.63, 3.8) is 0 Å². The molecule has 0 spiro atoms. The number of nitrogens with zero attached hydrogens (tertiary/aromatic N) is 3. The minimum atomic E-state index is -0.446. The van der Waals surface area contributed by atoms with Crippen molar-refractivity contribution in [1.29, 1.82) is 0 Å². The van der Waals surface area contributed by atoms with E-state index in [-0.39, 0.29) is 24.3 Å². The lowest BCUT2D eigenvalue weighted by Gasteiger charge is -2.05. The van der Waals surface area contributed by atoms with Gasteiger partial charge in [0, 0.05) is 12.1 Å². The van der Waals surface area contributed by atoms with Crippen LogP contribution in [0.5, 0.6) is 11.8 Å². The summed E-state index contributed by atoms with van der Waals surface area (Å²) in [5, 5.41) is 27.0. The van der Waals surface area contributed by atoms with E-state index in [4.69, 9.17) is 0 Å². The van der Waals surface area contributed by atoms with Crippen molar-refractivity contribution in [1.82, 2.24) is 19.7 Å². The van der Waals surface area contributed by atoms with Crippen molar-refractivity contribution in [2.75, 3.05) is 5.32 Å². The summed E-state index contributed by atoms with van der Waals surface area (Å²) in [6.45, 7) is -0.217. The molecule has 0 saturated carbocycles. The minimum absolute atomic E-state index is 0.190. The zero-order valence-corrected chi connectivity index (χ0v) is 8.08. The number of anilines is 1. The number of rotatable bonds is 3. The maximum Gasteiger partial charge on any atom is 0.246 e. The highest BCUT2D eigenvalue weighted by molar-refractivity contribution is 5.88. The topological polar surface area (TPSA) is 116 Å². The largest absolute Gasteiger partial charge is 0.494 e. The van der Waals surface area contributed by atoms with Crippen molar-refractivity contribution in [3.8, 4) is 11.8 Å². The van der Waals surface area contributed by atoms with Gasteiger partial charge < -0.3 is 10.2 Å². The molecule has 0 aromatic carbocycles. The molecule has 2 aromatic rings. The lowest BCUT2D eigenvalue weighted by molar-refractivity contribution is -0.116. The lowest BCUT2D eigenvalue weighted by Crippen LogP contribution is -2.19. The third kappa shape index (κ3) is 1.95. The molecule has 8 heteroatoms. The van der Waals surface area contributed by atoms with Crippen LogP contribution in [0.2, 0.25) is 0 Å². The highest BCUT2D eigenvalue weighted by Gasteiger charge is 2.11. The molecule has 2 heterocycles. The zero-order valence-electron chi connectivity index (χ0n) is 8.08. The van der Waals surface area contributed by atoms with Crippen LogP contribution in [0.1, 0.15) is 0 Å². The molecular formula is C8H9N5O3. The van der Waals surface area contributed by atoms with Crippen LogP contribution in [0.3, 0.4) is 0 Å². The number of H-pyrrole nitrogens is 1. The summed E-state index contributed by atoms with van der Waals surface area (Å²) in [6, 6.07) is 2.58. The molecule has 2 rings (SSSR count). The fraction of sp³-hybridized carbons (Fsp3) is 0.125. The fourth-order valence-electron chi connectivity index (χ4n) is 1.19. The third-order valence-electron chi connectivity index (χ3n) is 1.91. The first-order chi connectivity index (χ1) is 7.66. The van der Waals surface area contributed by atoms with Gasteiger partial charge in [0.25, 0.3) is 0 Å². The van der Waals surface area contributed by atoms with Gasteiger partial charge in [-0.25, -0.2) is 5.10 Å². The summed E-state index contributed by atoms with van der Waals surface area (Å²) < 4.78 is 1.05. The molecule has 0 radical (unpaired) electrons. The Morgan fingerprint density at radius 2 is 2.12 bits per heavy atom. The number of aromatic hydroxyl groups is 2. The third-order valence-corrected chi connectivity index (χ3v) is 1.91. The van der Waals surface area contributed by atoms with Crippen LogP contribution in [-0.2, 0) is 11.3 Å². The van der Waals surface area contributed by atoms with Crippen molar-refractivity contribution in [2.24, 2.45) is 0 Å². The molecule has 0 unspecified atom stereocenters. The van der Waals surface area contributed by atoms with Gasteiger partial charge in [-0.15, -0.1) is 0 Å². The Balaban J connectivity index is 2.03. The molecule has 0 aliphatic carbocycles. The van der Waals surface area contributed by atoms with Gasteiger partial charge in [-0.05, 0) is 0 Å². The van der Waals surface area contributed by atoms with Crippen LogP contribution in [-0.4, -0.2) is 35.9 Å². The quantitative estimate of drug-likeness (QED) is 0.567. The molecule has 8 nitrogen and oxygen atoms in total. The summed E-state index contributed by atoms with van der Waals surface area (Å²) in [4.78, 5) is 15.1. The van der Waals surface area contributed by atoms with E-state index in [0.29, 0.717) is 0 Å². The number of aromatic nitrogens is 4. The van der Waals surface area contributed by atoms with E-state index in [1.807, 2.05) is 0 Å². The van der Waals surface area contributed by atoms with Crippen molar-refractivity contribution in [2.45, 2.75) is 6.54 Å². The maximum absolute atomic E-state index is 11.4. The van der Waals surface area contributed by atoms with Crippen LogP contribution in [0.25, 0.3) is 0 Å². The van der Waals surface area contributed by atoms with Gasteiger partial charge in [0.05, 0.1) is 0 Å². The van der Waals surface area contributed by atoms with Gasteiger partial charge in [0.2, 0.25) is 11.9 Å². The SMILES string of the molecule is O=C(Cn1c(O)ccc1O)Nc1ncn[nH]1. The van der Waals surface area contributed by atoms with E-state index in [1.165, 1.54) is 18.5 Å². The Hall–Kier alpha value is -2.51. The second-order valence-corrected chi connectivity index (χ2v) is 3.02. The van der Waals surface area contributed by atoms with Gasteiger partial charge in [0.15, 0.2) is 11.8 Å². The molecule has 16 heavy (non-hydrogen) atoms. The molecule has 1 amide bonds. The highest BCUT2D eigenvalue weighted by Crippen LogP contribution is 2.20. The van der Waals surface area contributed by atoms with Crippen LogP contribution in [0.15, 0.2) is 18.5 Å². The van der Waals surface area contributed by atoms with E-state index < -0.39 is 5.91 Å². The molecule has 2 aromatic heterocycles. The van der Waals surface area contributed by atoms with Gasteiger partial charge >= 0.3 is 0 Å². The Labute approximate surface area is 89.6 Å². The van der Waals surface area contributed by atoms with Gasteiger partial charge in [-0.3, -0.25) is 14.7 Å². The van der Waals surface area contributed by atoms with Gasteiger partial charge in [-0.2, -0.15) is 10.1 Å². The van der Waals surface area contributed by atoms with E-state index in [0.717, 1.165) is 4.57 Å². The van der Waals surface area contributed by atoms with Crippen molar-refractivity contribution >= 4 is 11.9 Å². The number of amides is 1. The summed E-state index contributed by atoms with van der Waals surface area (Å²) >= 11 is 0. The van der Waals surface area contributed by atoms with Gasteiger partial charge in [0.1, 0.15) is 12.9 Å². The molecular weight excluding hydrogens is 214 g/mol. The fourth-order valence-corrected chi connectivity index (χ4v) is 1.19. The monoisotopic (exact) mass is 223 g/mol. The Morgan fingerprint density at radius 1 is 1.44 bits per heavy atom. The smallest absolute Gasteiger partial charge is 0.246 e. The minimum Gasteiger partial charge on any atom is -0.494 e. The van der Waals surface area contributed by atoms with Gasteiger partial charge in [-0.1, -0.05) is 0 Å². The standard InChI is InChI=1S/C8H9N5O3/c14-5(11-8-9-4-10-12-8)3-13-6(15)1-2-7(13)16/h1-2,4,15-16H,3H2,(H2,9,10,11,12,14). The normalized spacial score (nSPS) is 10.2. The van der Waals surface area contributed by atoms with Crippen LogP contribution >= 0.6 is 0 Å². The number of aromatic amines is 1. The molecule has 84 valence electrons. The maximum atomic E-state index is 11.4. The first kappa shape index (κ1) is 10.0. The lowest BCUT2D eigenvalue weighted by atomic mass is 10.5. The zero-order chi connectivity index (χ0) is 11.5. The molecule has 0 fully saturated rings. The summed E-state index contributed by atoms with van der Waals surface area (Å²) in [7, 11) is 0. The highest BCUT2D eigenvalue weighted by atomic mass is 16.3. The summed E-state index contributed by atoms with van der Waals surface area (Å²) in [5.41, 5.74) is 0. The molecule has 0 bridgehead atoms. The predicted molar refractivity (Wildman–Crippen MR) is 52.8 cm³/mol. The summed E-state index contributed by atoms with van der Waals surface area (Å²) in [5.74, 6) is -0.620. The second-order valence-electron chi connectivity index (χ2n) is 3.02. The number of hydrogen-bond acceptors (Lipinski definition) is 5. The first-order valence-electron chi connectivity index (χ1n) is 4.39. The van der Waals surface area contributed by atoms with Crippen LogP contribution in [0, 0.1) is 0 Å². The molecule has 0 saturated heterocycles. The number of carbonyl (C=O) groups is 1. The van der Waals surface area contributed by atoms with E-state index in [1.54, 1.807) is 0 Å². The number of nitrogens with one attached hydrogen (secondary N) is 2. The number of hydrogen-bond donors (Lipinski definition) is 4. The molecule has 0 atom stereocenters. The Kier molecular flexibility index (Phi) is 2.46. The summed E-state index contributed by atoms with van der Waals surface area (Å²) in [6.07, 6.45) is 1.25. The van der Waals surface area contributed by atoms with Crippen molar-refractivity contribution in [3.05, 3.63) is 18.5 Å². The van der Waals surface area contributed by atoms with Crippen LogP contribution < -0.4 is 5.32 Å². The number of carbonyl (C=O) groups excluding carboxylic acids is 1. The molecule has 0 aliphatic rings. The van der Waals surface area contributed by atoms with E-state index >= 15 is 0 Å². The van der Waals surface area contributed by atoms with E-state index in [2.05, 4.69) is 20.5 Å². The van der Waals surface area contributed by atoms with Crippen molar-refractivity contribution < 1.29 is 15.0 Å². The molecule has 0 aliphatic heterocycles. The first-order valence-corrected chi connectivity index (χ1v) is 4.39. The van der Waals surface area contributed by atoms with Crippen LogP contribution in [0.4, 0.5) is 5.95 Å². The Morgan fingerprint density at radius 3 is 2.69 bits per heavy atom. The second kappa shape index (κ2) is 3.93. The molecule has 4 N–H and O–H groups in total. The average molecular weight is 223 g/mol. The van der Waals surface area contributed by atoms with E-state index in [9.17, 15) is 15.0 Å². The average Bonchev–Trinajstić information content (AvgIpc) is 2.83. The predicted octanol–water partition coefficient (Wildman–Crippen LogP) is -0.344. The Bertz CT molecular complexity index is 470.